The molecule has 0 aromatic carbocycles. The summed E-state index contributed by atoms with van der Waals surface area (Å²) in [6.07, 6.45) is 2.47. The molecular weight excluding hydrogens is 244 g/mol. The third-order valence-corrected chi connectivity index (χ3v) is 3.36. The molecule has 1 rings (SSSR count). The number of nitrogens with zero attached hydrogens (tertiary/aromatic N) is 1. The molecule has 110 valence electrons. The molecule has 19 heavy (non-hydrogen) atoms. The number of esters is 1. The minimum absolute atomic E-state index is 0.120. The predicted octanol–water partition coefficient (Wildman–Crippen LogP) is 1.30. The molecular formula is C14H26N2O3. The van der Waals surface area contributed by atoms with Crippen molar-refractivity contribution in [2.75, 3.05) is 13.1 Å². The zero-order chi connectivity index (χ0) is 14.6. The second kappa shape index (κ2) is 6.37. The molecule has 0 aromatic heterocycles. The largest absolute Gasteiger partial charge is 0.459 e. The standard InChI is InChI=1S/C14H26N2O3/c1-10(17)16-7-5-11(6-8-16)9-12(15)13(18)19-14(2,3)4/h11-12H,5-9,15H2,1-4H3. The van der Waals surface area contributed by atoms with Gasteiger partial charge in [-0.05, 0) is 46.0 Å². The van der Waals surface area contributed by atoms with Crippen molar-refractivity contribution >= 4 is 11.9 Å². The summed E-state index contributed by atoms with van der Waals surface area (Å²) in [4.78, 5) is 24.9. The fourth-order valence-corrected chi connectivity index (χ4v) is 2.32. The Morgan fingerprint density at radius 2 is 1.84 bits per heavy atom. The Morgan fingerprint density at radius 1 is 1.32 bits per heavy atom. The highest BCUT2D eigenvalue weighted by Crippen LogP contribution is 2.22. The summed E-state index contributed by atoms with van der Waals surface area (Å²) >= 11 is 0. The third-order valence-electron chi connectivity index (χ3n) is 3.36. The maximum Gasteiger partial charge on any atom is 0.323 e. The second-order valence-corrected chi connectivity index (χ2v) is 6.33. The molecule has 0 aliphatic carbocycles. The van der Waals surface area contributed by atoms with E-state index in [9.17, 15) is 9.59 Å². The van der Waals surface area contributed by atoms with Crippen molar-refractivity contribution in [3.8, 4) is 0 Å². The third kappa shape index (κ3) is 5.59. The maximum absolute atomic E-state index is 11.8. The van der Waals surface area contributed by atoms with Crippen molar-refractivity contribution in [1.82, 2.24) is 4.90 Å². The van der Waals surface area contributed by atoms with Gasteiger partial charge in [-0.15, -0.1) is 0 Å². The lowest BCUT2D eigenvalue weighted by atomic mass is 9.90. The number of likely N-dealkylation sites (tertiary alicyclic amines) is 1. The Labute approximate surface area is 115 Å². The molecule has 1 fully saturated rings. The van der Waals surface area contributed by atoms with Crippen LogP contribution in [0.15, 0.2) is 0 Å². The summed E-state index contributed by atoms with van der Waals surface area (Å²) < 4.78 is 5.27. The van der Waals surface area contributed by atoms with Gasteiger partial charge in [-0.3, -0.25) is 9.59 Å². The van der Waals surface area contributed by atoms with Crippen molar-refractivity contribution in [2.45, 2.75) is 58.6 Å². The minimum atomic E-state index is -0.562. The van der Waals surface area contributed by atoms with E-state index in [1.54, 1.807) is 6.92 Å². The van der Waals surface area contributed by atoms with Crippen LogP contribution in [0.4, 0.5) is 0 Å². The first-order valence-electron chi connectivity index (χ1n) is 6.93. The number of carbonyl (C=O) groups is 2. The van der Waals surface area contributed by atoms with Gasteiger partial charge in [0.2, 0.25) is 5.91 Å². The Hall–Kier alpha value is -1.10. The smallest absolute Gasteiger partial charge is 0.323 e. The molecule has 0 spiro atoms. The number of piperidine rings is 1. The van der Waals surface area contributed by atoms with Gasteiger partial charge >= 0.3 is 5.97 Å². The van der Waals surface area contributed by atoms with Crippen LogP contribution >= 0.6 is 0 Å². The van der Waals surface area contributed by atoms with Gasteiger partial charge in [0.1, 0.15) is 11.6 Å². The molecule has 0 aromatic rings. The van der Waals surface area contributed by atoms with Gasteiger partial charge in [-0.1, -0.05) is 0 Å². The van der Waals surface area contributed by atoms with Gasteiger partial charge < -0.3 is 15.4 Å². The molecule has 1 amide bonds. The summed E-state index contributed by atoms with van der Waals surface area (Å²) in [7, 11) is 0. The number of carbonyl (C=O) groups excluding carboxylic acids is 2. The normalized spacial score (nSPS) is 19.1. The van der Waals surface area contributed by atoms with E-state index in [2.05, 4.69) is 0 Å². The lowest BCUT2D eigenvalue weighted by Crippen LogP contribution is -2.42. The van der Waals surface area contributed by atoms with Gasteiger partial charge in [-0.25, -0.2) is 0 Å². The van der Waals surface area contributed by atoms with Crippen LogP contribution < -0.4 is 5.73 Å². The van der Waals surface area contributed by atoms with E-state index in [0.29, 0.717) is 12.3 Å². The highest BCUT2D eigenvalue weighted by Gasteiger charge is 2.27. The summed E-state index contributed by atoms with van der Waals surface area (Å²) in [6, 6.07) is -0.562. The monoisotopic (exact) mass is 270 g/mol. The zero-order valence-electron chi connectivity index (χ0n) is 12.4. The molecule has 1 aliphatic heterocycles. The first-order valence-corrected chi connectivity index (χ1v) is 6.93. The average molecular weight is 270 g/mol. The van der Waals surface area contributed by atoms with Crippen LogP contribution in [0.1, 0.15) is 47.0 Å². The fraction of sp³-hybridized carbons (Fsp3) is 0.857. The van der Waals surface area contributed by atoms with E-state index < -0.39 is 11.6 Å². The van der Waals surface area contributed by atoms with Gasteiger partial charge in [0.05, 0.1) is 0 Å². The van der Waals surface area contributed by atoms with Crippen LogP contribution in [0.3, 0.4) is 0 Å². The van der Waals surface area contributed by atoms with Crippen LogP contribution in [-0.4, -0.2) is 41.5 Å². The van der Waals surface area contributed by atoms with E-state index in [1.165, 1.54) is 0 Å². The topological polar surface area (TPSA) is 72.6 Å². The molecule has 5 heteroatoms. The van der Waals surface area contributed by atoms with E-state index in [1.807, 2.05) is 25.7 Å². The highest BCUT2D eigenvalue weighted by molar-refractivity contribution is 5.76. The van der Waals surface area contributed by atoms with Gasteiger partial charge in [0, 0.05) is 20.0 Å². The summed E-state index contributed by atoms with van der Waals surface area (Å²) in [5.74, 6) is 0.189. The Kier molecular flexibility index (Phi) is 5.35. The molecule has 1 saturated heterocycles. The molecule has 1 atom stereocenters. The van der Waals surface area contributed by atoms with Crippen molar-refractivity contribution < 1.29 is 14.3 Å². The quantitative estimate of drug-likeness (QED) is 0.785. The van der Waals surface area contributed by atoms with Crippen LogP contribution in [0.2, 0.25) is 0 Å². The van der Waals surface area contributed by atoms with Gasteiger partial charge in [0.25, 0.3) is 0 Å². The number of ether oxygens (including phenoxy) is 1. The molecule has 1 unspecified atom stereocenters. The number of hydrogen-bond donors (Lipinski definition) is 1. The summed E-state index contributed by atoms with van der Waals surface area (Å²) in [5.41, 5.74) is 5.40. The van der Waals surface area contributed by atoms with Gasteiger partial charge in [0.15, 0.2) is 0 Å². The van der Waals surface area contributed by atoms with E-state index in [-0.39, 0.29) is 11.9 Å². The second-order valence-electron chi connectivity index (χ2n) is 6.33. The van der Waals surface area contributed by atoms with Gasteiger partial charge in [-0.2, -0.15) is 0 Å². The lowest BCUT2D eigenvalue weighted by Gasteiger charge is -2.32. The Bertz CT molecular complexity index is 328. The Morgan fingerprint density at radius 3 is 2.26 bits per heavy atom. The summed E-state index contributed by atoms with van der Waals surface area (Å²) in [6.45, 7) is 8.63. The van der Waals surface area contributed by atoms with E-state index >= 15 is 0 Å². The van der Waals surface area contributed by atoms with Crippen molar-refractivity contribution in [3.63, 3.8) is 0 Å². The highest BCUT2D eigenvalue weighted by atomic mass is 16.6. The number of nitrogens with two attached hydrogens (primary N) is 1. The number of hydrogen-bond acceptors (Lipinski definition) is 4. The first kappa shape index (κ1) is 16.0. The molecule has 0 bridgehead atoms. The lowest BCUT2D eigenvalue weighted by molar-refractivity contribution is -0.157. The maximum atomic E-state index is 11.8. The molecule has 1 aliphatic rings. The minimum Gasteiger partial charge on any atom is -0.459 e. The molecule has 0 saturated carbocycles. The molecule has 2 N–H and O–H groups in total. The van der Waals surface area contributed by atoms with E-state index in [0.717, 1.165) is 25.9 Å². The van der Waals surface area contributed by atoms with Crippen molar-refractivity contribution in [1.29, 1.82) is 0 Å². The Balaban J connectivity index is 2.36. The zero-order valence-corrected chi connectivity index (χ0v) is 12.4. The number of rotatable bonds is 3. The van der Waals surface area contributed by atoms with Crippen molar-refractivity contribution in [3.05, 3.63) is 0 Å². The average Bonchev–Trinajstić information content (AvgIpc) is 2.27. The van der Waals surface area contributed by atoms with Crippen LogP contribution in [0, 0.1) is 5.92 Å². The molecule has 5 nitrogen and oxygen atoms in total. The fourth-order valence-electron chi connectivity index (χ4n) is 2.32. The van der Waals surface area contributed by atoms with Crippen LogP contribution in [0.25, 0.3) is 0 Å². The first-order chi connectivity index (χ1) is 8.69. The summed E-state index contributed by atoms with van der Waals surface area (Å²) in [5, 5.41) is 0. The van der Waals surface area contributed by atoms with Crippen LogP contribution in [-0.2, 0) is 14.3 Å². The van der Waals surface area contributed by atoms with Crippen molar-refractivity contribution in [2.24, 2.45) is 11.7 Å². The molecule has 0 radical (unpaired) electrons. The molecule has 1 heterocycles. The number of amides is 1. The van der Waals surface area contributed by atoms with Crippen LogP contribution in [0.5, 0.6) is 0 Å². The SMILES string of the molecule is CC(=O)N1CCC(CC(N)C(=O)OC(C)(C)C)CC1. The van der Waals surface area contributed by atoms with E-state index in [4.69, 9.17) is 10.5 Å². The predicted molar refractivity (Wildman–Crippen MR) is 73.4 cm³/mol.